The van der Waals surface area contributed by atoms with E-state index in [9.17, 15) is 9.90 Å². The largest absolute Gasteiger partial charge is 0.508 e. The van der Waals surface area contributed by atoms with Crippen molar-refractivity contribution in [3.8, 4) is 5.75 Å². The maximum Gasteiger partial charge on any atom is 0.408 e. The lowest BCUT2D eigenvalue weighted by Crippen LogP contribution is -2.52. The minimum absolute atomic E-state index is 0.258. The molecule has 1 amide bonds. The molecule has 0 aromatic heterocycles. The van der Waals surface area contributed by atoms with Gasteiger partial charge in [0.1, 0.15) is 11.4 Å². The second kappa shape index (κ2) is 6.80. The number of alkyl carbamates (subject to hydrolysis) is 1. The van der Waals surface area contributed by atoms with Crippen molar-refractivity contribution < 1.29 is 14.6 Å². The van der Waals surface area contributed by atoms with Crippen molar-refractivity contribution >= 4 is 6.09 Å². The summed E-state index contributed by atoms with van der Waals surface area (Å²) in [5.41, 5.74) is 5.50. The van der Waals surface area contributed by atoms with Gasteiger partial charge in [-0.2, -0.15) is 0 Å². The first-order valence-corrected chi connectivity index (χ1v) is 7.13. The lowest BCUT2D eigenvalue weighted by molar-refractivity contribution is 0.0462. The molecule has 0 aliphatic heterocycles. The molecular weight excluding hydrogens is 268 g/mol. The van der Waals surface area contributed by atoms with Crippen LogP contribution in [0.1, 0.15) is 39.7 Å². The quantitative estimate of drug-likeness (QED) is 0.779. The number of phenols is 1. The van der Waals surface area contributed by atoms with E-state index >= 15 is 0 Å². The van der Waals surface area contributed by atoms with Crippen LogP contribution in [0.25, 0.3) is 0 Å². The van der Waals surface area contributed by atoms with Gasteiger partial charge in [-0.3, -0.25) is 0 Å². The second-order valence-electron chi connectivity index (χ2n) is 6.52. The van der Waals surface area contributed by atoms with Crippen LogP contribution in [-0.4, -0.2) is 28.9 Å². The van der Waals surface area contributed by atoms with Gasteiger partial charge in [-0.15, -0.1) is 0 Å². The third kappa shape index (κ3) is 6.04. The predicted octanol–water partition coefficient (Wildman–Crippen LogP) is 2.57. The molecule has 5 nitrogen and oxygen atoms in total. The maximum absolute atomic E-state index is 11.9. The van der Waals surface area contributed by atoms with E-state index in [0.717, 1.165) is 5.56 Å². The molecular formula is C16H26N2O3. The van der Waals surface area contributed by atoms with Crippen molar-refractivity contribution in [1.82, 2.24) is 5.32 Å². The summed E-state index contributed by atoms with van der Waals surface area (Å²) >= 11 is 0. The Balaban J connectivity index is 2.64. The molecule has 0 bridgehead atoms. The summed E-state index contributed by atoms with van der Waals surface area (Å²) in [5.74, 6) is 0.258. The van der Waals surface area contributed by atoms with Gasteiger partial charge in [-0.05, 0) is 52.2 Å². The van der Waals surface area contributed by atoms with Crippen LogP contribution < -0.4 is 11.1 Å². The molecule has 5 heteroatoms. The fourth-order valence-corrected chi connectivity index (χ4v) is 1.90. The van der Waals surface area contributed by atoms with E-state index in [2.05, 4.69) is 5.32 Å². The Morgan fingerprint density at radius 1 is 1.29 bits per heavy atom. The van der Waals surface area contributed by atoms with Crippen molar-refractivity contribution in [3.63, 3.8) is 0 Å². The number of para-hydroxylation sites is 1. The van der Waals surface area contributed by atoms with Gasteiger partial charge in [-0.1, -0.05) is 18.2 Å². The number of hydrogen-bond acceptors (Lipinski definition) is 4. The molecule has 1 atom stereocenters. The molecule has 1 aromatic rings. The summed E-state index contributed by atoms with van der Waals surface area (Å²) in [6.45, 7) is 7.61. The highest BCUT2D eigenvalue weighted by molar-refractivity contribution is 5.68. The van der Waals surface area contributed by atoms with Crippen molar-refractivity contribution in [1.29, 1.82) is 0 Å². The van der Waals surface area contributed by atoms with Crippen LogP contribution in [0.3, 0.4) is 0 Å². The third-order valence-corrected chi connectivity index (χ3v) is 3.19. The summed E-state index contributed by atoms with van der Waals surface area (Å²) in [4.78, 5) is 11.9. The summed E-state index contributed by atoms with van der Waals surface area (Å²) in [5, 5.41) is 12.6. The number of aryl methyl sites for hydroxylation is 1. The number of ether oxygens (including phenoxy) is 1. The molecule has 1 rings (SSSR count). The number of amides is 1. The Morgan fingerprint density at radius 3 is 2.43 bits per heavy atom. The lowest BCUT2D eigenvalue weighted by atomic mass is 9.93. The van der Waals surface area contributed by atoms with Crippen LogP contribution in [-0.2, 0) is 11.2 Å². The fraction of sp³-hybridized carbons (Fsp3) is 0.562. The number of benzene rings is 1. The van der Waals surface area contributed by atoms with E-state index in [1.54, 1.807) is 12.1 Å². The molecule has 0 spiro atoms. The first-order valence-electron chi connectivity index (χ1n) is 7.13. The number of hydrogen-bond donors (Lipinski definition) is 3. The van der Waals surface area contributed by atoms with Gasteiger partial charge >= 0.3 is 6.09 Å². The highest BCUT2D eigenvalue weighted by atomic mass is 16.6. The molecule has 118 valence electrons. The fourth-order valence-electron chi connectivity index (χ4n) is 1.90. The molecule has 1 unspecified atom stereocenters. The maximum atomic E-state index is 11.9. The first-order chi connectivity index (χ1) is 9.65. The predicted molar refractivity (Wildman–Crippen MR) is 83.3 cm³/mol. The van der Waals surface area contributed by atoms with Crippen molar-refractivity contribution in [2.45, 2.75) is 51.7 Å². The highest BCUT2D eigenvalue weighted by Crippen LogP contribution is 2.21. The zero-order chi connectivity index (χ0) is 16.1. The van der Waals surface area contributed by atoms with Gasteiger partial charge in [0.2, 0.25) is 0 Å². The molecule has 21 heavy (non-hydrogen) atoms. The van der Waals surface area contributed by atoms with Crippen molar-refractivity contribution in [2.75, 3.05) is 6.54 Å². The Labute approximate surface area is 126 Å². The van der Waals surface area contributed by atoms with Gasteiger partial charge < -0.3 is 20.9 Å². The Bertz CT molecular complexity index is 483. The molecule has 0 saturated carbocycles. The van der Waals surface area contributed by atoms with Gasteiger partial charge in [0, 0.05) is 6.54 Å². The molecule has 0 fully saturated rings. The van der Waals surface area contributed by atoms with E-state index in [-0.39, 0.29) is 5.75 Å². The van der Waals surface area contributed by atoms with Crippen molar-refractivity contribution in [3.05, 3.63) is 29.8 Å². The number of carbonyl (C=O) groups excluding carboxylic acids is 1. The molecule has 0 radical (unpaired) electrons. The molecule has 0 aliphatic carbocycles. The minimum Gasteiger partial charge on any atom is -0.508 e. The first kappa shape index (κ1) is 17.3. The van der Waals surface area contributed by atoms with Gasteiger partial charge in [-0.25, -0.2) is 4.79 Å². The summed E-state index contributed by atoms with van der Waals surface area (Å²) in [7, 11) is 0. The Kier molecular flexibility index (Phi) is 5.61. The van der Waals surface area contributed by atoms with Gasteiger partial charge in [0.15, 0.2) is 0 Å². The monoisotopic (exact) mass is 294 g/mol. The van der Waals surface area contributed by atoms with Crippen LogP contribution in [0.2, 0.25) is 0 Å². The average Bonchev–Trinajstić information content (AvgIpc) is 2.35. The average molecular weight is 294 g/mol. The van der Waals surface area contributed by atoms with E-state index in [4.69, 9.17) is 10.5 Å². The van der Waals surface area contributed by atoms with E-state index < -0.39 is 17.2 Å². The van der Waals surface area contributed by atoms with Crippen LogP contribution in [0.5, 0.6) is 5.75 Å². The van der Waals surface area contributed by atoms with E-state index in [0.29, 0.717) is 19.4 Å². The van der Waals surface area contributed by atoms with E-state index in [1.807, 2.05) is 39.8 Å². The van der Waals surface area contributed by atoms with Gasteiger partial charge in [0.25, 0.3) is 0 Å². The van der Waals surface area contributed by atoms with Crippen LogP contribution in [0.4, 0.5) is 4.79 Å². The Hall–Kier alpha value is -1.75. The summed E-state index contributed by atoms with van der Waals surface area (Å²) < 4.78 is 5.26. The van der Waals surface area contributed by atoms with E-state index in [1.165, 1.54) is 0 Å². The van der Waals surface area contributed by atoms with Crippen LogP contribution in [0, 0.1) is 0 Å². The Morgan fingerprint density at radius 2 is 1.90 bits per heavy atom. The number of nitrogens with one attached hydrogen (secondary N) is 1. The zero-order valence-corrected chi connectivity index (χ0v) is 13.3. The zero-order valence-electron chi connectivity index (χ0n) is 13.3. The number of nitrogens with two attached hydrogens (primary N) is 1. The number of phenolic OH excluding ortho intramolecular Hbond substituents is 1. The van der Waals surface area contributed by atoms with Crippen molar-refractivity contribution in [2.24, 2.45) is 5.73 Å². The lowest BCUT2D eigenvalue weighted by Gasteiger charge is -2.31. The molecule has 0 heterocycles. The minimum atomic E-state index is -0.579. The SMILES string of the molecule is CC(CN)(CCc1ccccc1O)NC(=O)OC(C)(C)C. The normalized spacial score (nSPS) is 14.3. The molecule has 1 aromatic carbocycles. The van der Waals surface area contributed by atoms with Gasteiger partial charge in [0.05, 0.1) is 5.54 Å². The van der Waals surface area contributed by atoms with Crippen LogP contribution in [0.15, 0.2) is 24.3 Å². The summed E-state index contributed by atoms with van der Waals surface area (Å²) in [6.07, 6.45) is 0.754. The topological polar surface area (TPSA) is 84.6 Å². The molecule has 0 aliphatic rings. The van der Waals surface area contributed by atoms with Crippen LogP contribution >= 0.6 is 0 Å². The number of aromatic hydroxyl groups is 1. The molecule has 0 saturated heterocycles. The highest BCUT2D eigenvalue weighted by Gasteiger charge is 2.27. The second-order valence-corrected chi connectivity index (χ2v) is 6.52. The number of rotatable bonds is 5. The summed E-state index contributed by atoms with van der Waals surface area (Å²) in [6, 6.07) is 7.16. The smallest absolute Gasteiger partial charge is 0.408 e. The standard InChI is InChI=1S/C16H26N2O3/c1-15(2,3)21-14(20)18-16(4,11-17)10-9-12-7-5-6-8-13(12)19/h5-8,19H,9-11,17H2,1-4H3,(H,18,20). The third-order valence-electron chi connectivity index (χ3n) is 3.19. The number of carbonyl (C=O) groups is 1. The molecule has 4 N–H and O–H groups in total.